The Hall–Kier alpha value is -2.29. The number of rotatable bonds is 3. The van der Waals surface area contributed by atoms with Crippen LogP contribution in [0.2, 0.25) is 0 Å². The van der Waals surface area contributed by atoms with Crippen LogP contribution in [0.1, 0.15) is 18.1 Å². The minimum Gasteiger partial charge on any atom is -0.490 e. The summed E-state index contributed by atoms with van der Waals surface area (Å²) in [6.45, 7) is 6.87. The van der Waals surface area contributed by atoms with Crippen LogP contribution in [-0.2, 0) is 0 Å². The molecule has 0 aliphatic rings. The van der Waals surface area contributed by atoms with Crippen LogP contribution in [0.4, 0.5) is 0 Å². The number of ether oxygens (including phenoxy) is 1. The van der Waals surface area contributed by atoms with Gasteiger partial charge in [-0.25, -0.2) is 4.98 Å². The highest BCUT2D eigenvalue weighted by molar-refractivity contribution is 5.66. The van der Waals surface area contributed by atoms with Gasteiger partial charge < -0.3 is 9.14 Å². The first kappa shape index (κ1) is 12.7. The van der Waals surface area contributed by atoms with Crippen molar-refractivity contribution < 1.29 is 4.74 Å². The van der Waals surface area contributed by atoms with E-state index in [1.807, 2.05) is 35.9 Å². The average molecular weight is 266 g/mol. The van der Waals surface area contributed by atoms with Gasteiger partial charge in [-0.15, -0.1) is 0 Å². The van der Waals surface area contributed by atoms with Gasteiger partial charge in [0.15, 0.2) is 11.4 Å². The van der Waals surface area contributed by atoms with Crippen molar-refractivity contribution in [1.82, 2.24) is 9.38 Å². The van der Waals surface area contributed by atoms with E-state index in [0.717, 1.165) is 22.7 Å². The number of fused-ring (bicyclic) bond motifs is 1. The molecule has 0 fully saturated rings. The third-order valence-corrected chi connectivity index (χ3v) is 3.55. The molecule has 0 saturated heterocycles. The van der Waals surface area contributed by atoms with E-state index in [-0.39, 0.29) is 0 Å². The summed E-state index contributed by atoms with van der Waals surface area (Å²) >= 11 is 0. The Balaban J connectivity index is 2.12. The SMILES string of the molecule is CCOc1cccn2cc(-c3ccc(C)c(C)c3)nc12. The summed E-state index contributed by atoms with van der Waals surface area (Å²) < 4.78 is 7.64. The van der Waals surface area contributed by atoms with Crippen molar-refractivity contribution in [2.24, 2.45) is 0 Å². The van der Waals surface area contributed by atoms with Crippen molar-refractivity contribution in [1.29, 1.82) is 0 Å². The van der Waals surface area contributed by atoms with E-state index in [1.54, 1.807) is 0 Å². The van der Waals surface area contributed by atoms with E-state index in [0.29, 0.717) is 6.61 Å². The third-order valence-electron chi connectivity index (χ3n) is 3.55. The summed E-state index contributed by atoms with van der Waals surface area (Å²) in [7, 11) is 0. The highest BCUT2D eigenvalue weighted by atomic mass is 16.5. The van der Waals surface area contributed by atoms with Crippen LogP contribution < -0.4 is 4.74 Å². The molecule has 3 heteroatoms. The van der Waals surface area contributed by atoms with Gasteiger partial charge in [0.05, 0.1) is 12.3 Å². The van der Waals surface area contributed by atoms with Crippen molar-refractivity contribution >= 4 is 5.65 Å². The Morgan fingerprint density at radius 2 is 2.00 bits per heavy atom. The number of imidazole rings is 1. The van der Waals surface area contributed by atoms with Gasteiger partial charge in [-0.05, 0) is 50.1 Å². The largest absolute Gasteiger partial charge is 0.490 e. The van der Waals surface area contributed by atoms with Crippen molar-refractivity contribution in [3.63, 3.8) is 0 Å². The van der Waals surface area contributed by atoms with Crippen molar-refractivity contribution in [3.05, 3.63) is 53.9 Å². The Kier molecular flexibility index (Phi) is 3.18. The summed E-state index contributed by atoms with van der Waals surface area (Å²) in [5.41, 5.74) is 5.55. The first-order chi connectivity index (χ1) is 9.69. The van der Waals surface area contributed by atoms with Crippen LogP contribution in [0.15, 0.2) is 42.7 Å². The lowest BCUT2D eigenvalue weighted by molar-refractivity contribution is 0.342. The first-order valence-electron chi connectivity index (χ1n) is 6.87. The molecule has 0 unspecified atom stereocenters. The van der Waals surface area contributed by atoms with Gasteiger partial charge in [0.1, 0.15) is 0 Å². The Morgan fingerprint density at radius 1 is 1.15 bits per heavy atom. The number of hydrogen-bond donors (Lipinski definition) is 0. The van der Waals surface area contributed by atoms with Crippen LogP contribution in [0, 0.1) is 13.8 Å². The van der Waals surface area contributed by atoms with Crippen LogP contribution in [0.25, 0.3) is 16.9 Å². The maximum Gasteiger partial charge on any atom is 0.180 e. The highest BCUT2D eigenvalue weighted by Crippen LogP contribution is 2.25. The number of benzene rings is 1. The highest BCUT2D eigenvalue weighted by Gasteiger charge is 2.09. The van der Waals surface area contributed by atoms with Gasteiger partial charge in [-0.2, -0.15) is 0 Å². The number of nitrogens with zero attached hydrogens (tertiary/aromatic N) is 2. The second kappa shape index (κ2) is 5.00. The molecule has 0 N–H and O–H groups in total. The number of hydrogen-bond acceptors (Lipinski definition) is 2. The number of aryl methyl sites for hydroxylation is 2. The summed E-state index contributed by atoms with van der Waals surface area (Å²) in [5, 5.41) is 0. The lowest BCUT2D eigenvalue weighted by Gasteiger charge is -2.03. The summed E-state index contributed by atoms with van der Waals surface area (Å²) in [6, 6.07) is 10.4. The van der Waals surface area contributed by atoms with Crippen LogP contribution in [-0.4, -0.2) is 16.0 Å². The molecule has 0 aliphatic heterocycles. The van der Waals surface area contributed by atoms with E-state index >= 15 is 0 Å². The lowest BCUT2D eigenvalue weighted by Crippen LogP contribution is -1.94. The minimum atomic E-state index is 0.644. The van der Waals surface area contributed by atoms with Gasteiger partial charge in [0.25, 0.3) is 0 Å². The maximum absolute atomic E-state index is 5.63. The Bertz CT molecular complexity index is 759. The zero-order chi connectivity index (χ0) is 14.1. The molecule has 3 aromatic rings. The smallest absolute Gasteiger partial charge is 0.180 e. The molecule has 20 heavy (non-hydrogen) atoms. The lowest BCUT2D eigenvalue weighted by atomic mass is 10.1. The number of aromatic nitrogens is 2. The topological polar surface area (TPSA) is 26.5 Å². The standard InChI is InChI=1S/C17H18N2O/c1-4-20-16-6-5-9-19-11-15(18-17(16)19)14-8-7-12(2)13(3)10-14/h5-11H,4H2,1-3H3. The molecule has 2 aromatic heterocycles. The van der Waals surface area contributed by atoms with E-state index in [1.165, 1.54) is 11.1 Å². The molecule has 0 spiro atoms. The summed E-state index contributed by atoms with van der Waals surface area (Å²) in [5.74, 6) is 0.824. The number of pyridine rings is 1. The average Bonchev–Trinajstić information content (AvgIpc) is 2.87. The normalized spacial score (nSPS) is 10.9. The fourth-order valence-corrected chi connectivity index (χ4v) is 2.30. The second-order valence-electron chi connectivity index (χ2n) is 4.96. The third kappa shape index (κ3) is 2.16. The quantitative estimate of drug-likeness (QED) is 0.716. The molecule has 3 nitrogen and oxygen atoms in total. The molecule has 0 radical (unpaired) electrons. The molecule has 0 saturated carbocycles. The molecular weight excluding hydrogens is 248 g/mol. The van der Waals surface area contributed by atoms with Crippen LogP contribution in [0.5, 0.6) is 5.75 Å². The molecule has 1 aromatic carbocycles. The fraction of sp³-hybridized carbons (Fsp3) is 0.235. The van der Waals surface area contributed by atoms with Crippen molar-refractivity contribution in [3.8, 4) is 17.0 Å². The van der Waals surface area contributed by atoms with E-state index in [2.05, 4.69) is 32.0 Å². The molecule has 2 heterocycles. The molecular formula is C17H18N2O. The van der Waals surface area contributed by atoms with E-state index in [9.17, 15) is 0 Å². The predicted octanol–water partition coefficient (Wildman–Crippen LogP) is 4.02. The zero-order valence-corrected chi connectivity index (χ0v) is 12.1. The van der Waals surface area contributed by atoms with Crippen LogP contribution in [0.3, 0.4) is 0 Å². The molecule has 0 atom stereocenters. The second-order valence-corrected chi connectivity index (χ2v) is 4.96. The Labute approximate surface area is 118 Å². The van der Waals surface area contributed by atoms with Gasteiger partial charge in [-0.3, -0.25) is 0 Å². The van der Waals surface area contributed by atoms with Crippen molar-refractivity contribution in [2.75, 3.05) is 6.61 Å². The molecule has 0 aliphatic carbocycles. The van der Waals surface area contributed by atoms with Gasteiger partial charge in [0, 0.05) is 18.0 Å². The Morgan fingerprint density at radius 3 is 2.75 bits per heavy atom. The van der Waals surface area contributed by atoms with Crippen molar-refractivity contribution in [2.45, 2.75) is 20.8 Å². The van der Waals surface area contributed by atoms with Gasteiger partial charge >= 0.3 is 0 Å². The molecule has 102 valence electrons. The maximum atomic E-state index is 5.63. The molecule has 0 amide bonds. The van der Waals surface area contributed by atoms with Gasteiger partial charge in [0.2, 0.25) is 0 Å². The zero-order valence-electron chi connectivity index (χ0n) is 12.1. The molecule has 3 rings (SSSR count). The summed E-state index contributed by atoms with van der Waals surface area (Å²) in [4.78, 5) is 4.71. The fourth-order valence-electron chi connectivity index (χ4n) is 2.30. The summed E-state index contributed by atoms with van der Waals surface area (Å²) in [6.07, 6.45) is 4.04. The monoisotopic (exact) mass is 266 g/mol. The molecule has 0 bridgehead atoms. The van der Waals surface area contributed by atoms with E-state index in [4.69, 9.17) is 9.72 Å². The predicted molar refractivity (Wildman–Crippen MR) is 81.3 cm³/mol. The first-order valence-corrected chi connectivity index (χ1v) is 6.87. The minimum absolute atomic E-state index is 0.644. The van der Waals surface area contributed by atoms with Crippen LogP contribution >= 0.6 is 0 Å². The van der Waals surface area contributed by atoms with E-state index < -0.39 is 0 Å². The van der Waals surface area contributed by atoms with Gasteiger partial charge in [-0.1, -0.05) is 12.1 Å².